The van der Waals surface area contributed by atoms with E-state index >= 15 is 0 Å². The average molecular weight is 315 g/mol. The molecule has 120 valence electrons. The van der Waals surface area contributed by atoms with Crippen LogP contribution in [0, 0.1) is 0 Å². The van der Waals surface area contributed by atoms with Gasteiger partial charge in [0.2, 0.25) is 5.91 Å². The molecule has 4 rings (SSSR count). The normalized spacial score (nSPS) is 29.4. The van der Waals surface area contributed by atoms with Crippen molar-refractivity contribution in [3.63, 3.8) is 0 Å². The molecule has 3 heterocycles. The second-order valence-electron chi connectivity index (χ2n) is 5.78. The zero-order valence-corrected chi connectivity index (χ0v) is 12.6. The van der Waals surface area contributed by atoms with E-state index in [1.54, 1.807) is 4.68 Å². The minimum Gasteiger partial charge on any atom is -0.371 e. The quantitative estimate of drug-likeness (QED) is 0.869. The molecule has 8 nitrogen and oxygen atoms in total. The molecular weight excluding hydrogens is 298 g/mol. The Morgan fingerprint density at radius 1 is 1.22 bits per heavy atom. The molecule has 8 heteroatoms. The van der Waals surface area contributed by atoms with Gasteiger partial charge >= 0.3 is 0 Å². The van der Waals surface area contributed by atoms with Gasteiger partial charge in [0.1, 0.15) is 18.2 Å². The van der Waals surface area contributed by atoms with E-state index in [1.807, 2.05) is 30.3 Å². The highest BCUT2D eigenvalue weighted by Gasteiger charge is 2.49. The summed E-state index contributed by atoms with van der Waals surface area (Å²) in [5.41, 5.74) is 0.942. The van der Waals surface area contributed by atoms with Crippen LogP contribution in [0.3, 0.4) is 0 Å². The van der Waals surface area contributed by atoms with Crippen molar-refractivity contribution in [2.45, 2.75) is 31.2 Å². The summed E-state index contributed by atoms with van der Waals surface area (Å²) in [4.78, 5) is 11.3. The number of benzene rings is 1. The molecule has 0 aliphatic carbocycles. The molecule has 23 heavy (non-hydrogen) atoms. The minimum atomic E-state index is -0.170. The molecule has 1 aromatic heterocycles. The lowest BCUT2D eigenvalue weighted by atomic mass is 10.1. The van der Waals surface area contributed by atoms with Gasteiger partial charge < -0.3 is 14.8 Å². The van der Waals surface area contributed by atoms with Crippen molar-refractivity contribution >= 4 is 5.91 Å². The zero-order chi connectivity index (χ0) is 15.8. The summed E-state index contributed by atoms with van der Waals surface area (Å²) in [6.07, 6.45) is -0.338. The Morgan fingerprint density at radius 3 is 2.78 bits per heavy atom. The number of carbonyl (C=O) groups excluding carboxylic acids is 1. The van der Waals surface area contributed by atoms with Gasteiger partial charge in [-0.3, -0.25) is 4.79 Å². The Kier molecular flexibility index (Phi) is 3.55. The molecule has 2 fully saturated rings. The maximum atomic E-state index is 11.3. The van der Waals surface area contributed by atoms with Crippen molar-refractivity contribution in [2.75, 3.05) is 13.2 Å². The number of rotatable bonds is 3. The first-order valence-electron chi connectivity index (χ1n) is 7.57. The van der Waals surface area contributed by atoms with Crippen LogP contribution in [0.1, 0.15) is 13.0 Å². The van der Waals surface area contributed by atoms with Crippen LogP contribution in [0.15, 0.2) is 30.3 Å². The lowest BCUT2D eigenvalue weighted by Gasteiger charge is -2.17. The predicted octanol–water partition coefficient (Wildman–Crippen LogP) is 0.184. The first-order chi connectivity index (χ1) is 11.2. The Bertz CT molecular complexity index is 704. The fraction of sp³-hybridized carbons (Fsp3) is 0.467. The van der Waals surface area contributed by atoms with Crippen LogP contribution in [0.4, 0.5) is 0 Å². The molecule has 0 radical (unpaired) electrons. The number of ether oxygens (including phenoxy) is 2. The molecule has 2 aliphatic heterocycles. The first kappa shape index (κ1) is 14.3. The SMILES string of the molecule is CC(=O)N[C@@H]1CO[C@@H]2[C@@H]1OC[C@@H]2n1nnnc1-c1ccccc1. The topological polar surface area (TPSA) is 91.2 Å². The van der Waals surface area contributed by atoms with Crippen LogP contribution >= 0.6 is 0 Å². The zero-order valence-electron chi connectivity index (χ0n) is 12.6. The summed E-state index contributed by atoms with van der Waals surface area (Å²) < 4.78 is 13.5. The van der Waals surface area contributed by atoms with E-state index in [0.717, 1.165) is 5.56 Å². The van der Waals surface area contributed by atoms with Crippen LogP contribution in [-0.2, 0) is 14.3 Å². The molecule has 2 aliphatic rings. The van der Waals surface area contributed by atoms with Crippen LogP contribution in [0.2, 0.25) is 0 Å². The lowest BCUT2D eigenvalue weighted by Crippen LogP contribution is -2.43. The standard InChI is InChI=1S/C15H17N5O3/c1-9(21)16-11-7-22-14-12(8-23-13(11)14)20-15(17-18-19-20)10-5-3-2-4-6-10/h2-6,11-14H,7-8H2,1H3,(H,16,21)/t11-,12+,13-,14+/m1/s1. The van der Waals surface area contributed by atoms with Gasteiger partial charge in [-0.1, -0.05) is 30.3 Å². The Hall–Kier alpha value is -2.32. The van der Waals surface area contributed by atoms with Gasteiger partial charge in [-0.2, -0.15) is 0 Å². The number of fused-ring (bicyclic) bond motifs is 1. The van der Waals surface area contributed by atoms with Gasteiger partial charge in [0, 0.05) is 12.5 Å². The van der Waals surface area contributed by atoms with E-state index in [9.17, 15) is 4.79 Å². The number of tetrazole rings is 1. The van der Waals surface area contributed by atoms with Crippen molar-refractivity contribution in [3.8, 4) is 11.4 Å². The third-order valence-electron chi connectivity index (χ3n) is 4.25. The van der Waals surface area contributed by atoms with E-state index in [-0.39, 0.29) is 30.2 Å². The number of aromatic nitrogens is 4. The summed E-state index contributed by atoms with van der Waals surface area (Å²) in [5, 5.41) is 14.9. The van der Waals surface area contributed by atoms with E-state index < -0.39 is 0 Å². The summed E-state index contributed by atoms with van der Waals surface area (Å²) in [6, 6.07) is 9.53. The van der Waals surface area contributed by atoms with Crippen molar-refractivity contribution in [1.29, 1.82) is 0 Å². The second kappa shape index (κ2) is 5.71. The van der Waals surface area contributed by atoms with Crippen molar-refractivity contribution < 1.29 is 14.3 Å². The lowest BCUT2D eigenvalue weighted by molar-refractivity contribution is -0.120. The van der Waals surface area contributed by atoms with E-state index in [0.29, 0.717) is 19.0 Å². The average Bonchev–Trinajstić information content (AvgIpc) is 3.24. The molecule has 0 spiro atoms. The minimum absolute atomic E-state index is 0.0845. The molecule has 0 bridgehead atoms. The van der Waals surface area contributed by atoms with Crippen LogP contribution < -0.4 is 5.32 Å². The van der Waals surface area contributed by atoms with Gasteiger partial charge in [0.15, 0.2) is 5.82 Å². The van der Waals surface area contributed by atoms with Gasteiger partial charge in [0.05, 0.1) is 19.3 Å². The summed E-state index contributed by atoms with van der Waals surface area (Å²) >= 11 is 0. The Balaban J connectivity index is 1.59. The third-order valence-corrected chi connectivity index (χ3v) is 4.25. The van der Waals surface area contributed by atoms with E-state index in [1.165, 1.54) is 6.92 Å². The molecule has 2 aromatic rings. The second-order valence-corrected chi connectivity index (χ2v) is 5.78. The number of amides is 1. The highest BCUT2D eigenvalue weighted by molar-refractivity contribution is 5.73. The molecule has 1 N–H and O–H groups in total. The summed E-state index contributed by atoms with van der Waals surface area (Å²) in [7, 11) is 0. The molecular formula is C15H17N5O3. The van der Waals surface area contributed by atoms with Gasteiger partial charge in [0.25, 0.3) is 0 Å². The Morgan fingerprint density at radius 2 is 2.00 bits per heavy atom. The molecule has 2 saturated heterocycles. The van der Waals surface area contributed by atoms with Crippen LogP contribution in [0.25, 0.3) is 11.4 Å². The number of nitrogens with one attached hydrogen (secondary N) is 1. The van der Waals surface area contributed by atoms with E-state index in [4.69, 9.17) is 9.47 Å². The van der Waals surface area contributed by atoms with Gasteiger partial charge in [-0.25, -0.2) is 4.68 Å². The summed E-state index contributed by atoms with van der Waals surface area (Å²) in [6.45, 7) is 2.39. The maximum absolute atomic E-state index is 11.3. The third kappa shape index (κ3) is 2.49. The molecule has 1 amide bonds. The first-order valence-corrected chi connectivity index (χ1v) is 7.57. The molecule has 0 saturated carbocycles. The van der Waals surface area contributed by atoms with Gasteiger partial charge in [-0.15, -0.1) is 5.10 Å². The van der Waals surface area contributed by atoms with Crippen molar-refractivity contribution in [2.24, 2.45) is 0 Å². The smallest absolute Gasteiger partial charge is 0.217 e. The summed E-state index contributed by atoms with van der Waals surface area (Å²) in [5.74, 6) is 0.602. The maximum Gasteiger partial charge on any atom is 0.217 e. The highest BCUT2D eigenvalue weighted by Crippen LogP contribution is 2.35. The number of hydrogen-bond donors (Lipinski definition) is 1. The Labute approximate surface area is 132 Å². The number of carbonyl (C=O) groups is 1. The monoisotopic (exact) mass is 315 g/mol. The van der Waals surface area contributed by atoms with Crippen molar-refractivity contribution in [1.82, 2.24) is 25.5 Å². The van der Waals surface area contributed by atoms with E-state index in [2.05, 4.69) is 20.8 Å². The predicted molar refractivity (Wildman–Crippen MR) is 79.4 cm³/mol. The molecule has 4 atom stereocenters. The van der Waals surface area contributed by atoms with Crippen LogP contribution in [-0.4, -0.2) is 57.6 Å². The highest BCUT2D eigenvalue weighted by atomic mass is 16.6. The largest absolute Gasteiger partial charge is 0.371 e. The fourth-order valence-corrected chi connectivity index (χ4v) is 3.27. The fourth-order valence-electron chi connectivity index (χ4n) is 3.27. The molecule has 0 unspecified atom stereocenters. The van der Waals surface area contributed by atoms with Gasteiger partial charge in [-0.05, 0) is 10.4 Å². The van der Waals surface area contributed by atoms with Crippen LogP contribution in [0.5, 0.6) is 0 Å². The number of nitrogens with zero attached hydrogens (tertiary/aromatic N) is 4. The molecule has 1 aromatic carbocycles. The van der Waals surface area contributed by atoms with Crippen molar-refractivity contribution in [3.05, 3.63) is 30.3 Å². The number of hydrogen-bond acceptors (Lipinski definition) is 6.